The fourth-order valence-corrected chi connectivity index (χ4v) is 1.74. The average Bonchev–Trinajstić information content (AvgIpc) is 2.35. The summed E-state index contributed by atoms with van der Waals surface area (Å²) < 4.78 is 0. The molecule has 2 heterocycles. The van der Waals surface area contributed by atoms with Crippen LogP contribution in [0.1, 0.15) is 20.8 Å². The molecule has 0 atom stereocenters. The van der Waals surface area contributed by atoms with Crippen molar-refractivity contribution in [1.82, 2.24) is 19.9 Å². The van der Waals surface area contributed by atoms with Crippen LogP contribution >= 0.6 is 23.2 Å². The molecule has 0 aliphatic rings. The van der Waals surface area contributed by atoms with Gasteiger partial charge in [-0.1, -0.05) is 38.4 Å². The van der Waals surface area contributed by atoms with Gasteiger partial charge in [0, 0.05) is 6.54 Å². The summed E-state index contributed by atoms with van der Waals surface area (Å²) in [4.78, 5) is 16.6. The third kappa shape index (κ3) is 4.28. The molecular formula is C13H15Cl2N5. The molecule has 7 heteroatoms. The number of hydrogen-bond donors (Lipinski definition) is 1. The summed E-state index contributed by atoms with van der Waals surface area (Å²) in [6.45, 7) is 7.06. The van der Waals surface area contributed by atoms with Crippen molar-refractivity contribution in [1.29, 1.82) is 0 Å². The first-order chi connectivity index (χ1) is 9.33. The van der Waals surface area contributed by atoms with Crippen LogP contribution in [-0.4, -0.2) is 26.5 Å². The Morgan fingerprint density at radius 3 is 2.45 bits per heavy atom. The molecule has 0 aliphatic heterocycles. The van der Waals surface area contributed by atoms with E-state index in [1.54, 1.807) is 18.2 Å². The number of halogens is 2. The van der Waals surface area contributed by atoms with Gasteiger partial charge in [-0.2, -0.15) is 15.0 Å². The number of nitrogens with one attached hydrogen (secondary N) is 1. The van der Waals surface area contributed by atoms with Crippen LogP contribution in [0.5, 0.6) is 0 Å². The predicted molar refractivity (Wildman–Crippen MR) is 81.0 cm³/mol. The lowest BCUT2D eigenvalue weighted by Gasteiger charge is -2.18. The summed E-state index contributed by atoms with van der Waals surface area (Å²) in [5.74, 6) is 0.820. The van der Waals surface area contributed by atoms with E-state index in [0.29, 0.717) is 22.6 Å². The molecule has 1 N–H and O–H groups in total. The van der Waals surface area contributed by atoms with Gasteiger partial charge in [0.2, 0.25) is 11.2 Å². The van der Waals surface area contributed by atoms with Gasteiger partial charge in [0.15, 0.2) is 5.82 Å². The minimum absolute atomic E-state index is 0.105. The molecule has 0 aromatic carbocycles. The van der Waals surface area contributed by atoms with E-state index in [-0.39, 0.29) is 10.7 Å². The van der Waals surface area contributed by atoms with Crippen LogP contribution in [0.25, 0.3) is 11.5 Å². The number of rotatable bonds is 3. The van der Waals surface area contributed by atoms with Crippen molar-refractivity contribution in [3.8, 4) is 11.5 Å². The first-order valence-electron chi connectivity index (χ1n) is 6.12. The highest BCUT2D eigenvalue weighted by Gasteiger charge is 2.13. The highest BCUT2D eigenvalue weighted by atomic mass is 35.5. The van der Waals surface area contributed by atoms with E-state index in [1.165, 1.54) is 0 Å². The van der Waals surface area contributed by atoms with Gasteiger partial charge >= 0.3 is 0 Å². The topological polar surface area (TPSA) is 63.6 Å². The monoisotopic (exact) mass is 311 g/mol. The van der Waals surface area contributed by atoms with E-state index >= 15 is 0 Å². The van der Waals surface area contributed by atoms with E-state index in [2.05, 4.69) is 46.0 Å². The van der Waals surface area contributed by atoms with Crippen molar-refractivity contribution in [2.45, 2.75) is 20.8 Å². The smallest absolute Gasteiger partial charge is 0.227 e. The molecule has 5 nitrogen and oxygen atoms in total. The van der Waals surface area contributed by atoms with Crippen LogP contribution in [0, 0.1) is 5.41 Å². The van der Waals surface area contributed by atoms with E-state index < -0.39 is 0 Å². The zero-order chi connectivity index (χ0) is 14.8. The maximum atomic E-state index is 5.93. The second kappa shape index (κ2) is 5.89. The zero-order valence-corrected chi connectivity index (χ0v) is 13.0. The number of anilines is 1. The van der Waals surface area contributed by atoms with Gasteiger partial charge in [-0.05, 0) is 29.1 Å². The summed E-state index contributed by atoms with van der Waals surface area (Å²) in [5.41, 5.74) is 0.661. The van der Waals surface area contributed by atoms with E-state index in [9.17, 15) is 0 Å². The molecule has 0 bridgehead atoms. The Kier molecular flexibility index (Phi) is 4.40. The first kappa shape index (κ1) is 14.9. The Hall–Kier alpha value is -1.46. The molecule has 2 rings (SSSR count). The summed E-state index contributed by atoms with van der Waals surface area (Å²) in [6.07, 6.45) is 0. The second-order valence-corrected chi connectivity index (χ2v) is 6.24. The van der Waals surface area contributed by atoms with Crippen LogP contribution < -0.4 is 5.32 Å². The zero-order valence-electron chi connectivity index (χ0n) is 11.5. The molecule has 0 spiro atoms. The Labute approximate surface area is 127 Å². The number of hydrogen-bond acceptors (Lipinski definition) is 5. The van der Waals surface area contributed by atoms with Crippen LogP contribution in [0.2, 0.25) is 10.4 Å². The van der Waals surface area contributed by atoms with Crippen LogP contribution in [0.4, 0.5) is 5.95 Å². The third-order valence-corrected chi connectivity index (χ3v) is 2.71. The fourth-order valence-electron chi connectivity index (χ4n) is 1.42. The largest absolute Gasteiger partial charge is 0.354 e. The van der Waals surface area contributed by atoms with Crippen LogP contribution in [0.15, 0.2) is 18.2 Å². The normalized spacial score (nSPS) is 11.4. The highest BCUT2D eigenvalue weighted by molar-refractivity contribution is 6.29. The van der Waals surface area contributed by atoms with Gasteiger partial charge in [0.1, 0.15) is 10.8 Å². The maximum absolute atomic E-state index is 5.93. The van der Waals surface area contributed by atoms with Crippen molar-refractivity contribution in [3.05, 3.63) is 28.6 Å². The molecule has 0 unspecified atom stereocenters. The quantitative estimate of drug-likeness (QED) is 0.876. The predicted octanol–water partition coefficient (Wildman–Crippen LogP) is 3.70. The van der Waals surface area contributed by atoms with Gasteiger partial charge < -0.3 is 5.32 Å². The van der Waals surface area contributed by atoms with Crippen LogP contribution in [0.3, 0.4) is 0 Å². The van der Waals surface area contributed by atoms with Crippen molar-refractivity contribution in [3.63, 3.8) is 0 Å². The van der Waals surface area contributed by atoms with Crippen molar-refractivity contribution in [2.75, 3.05) is 11.9 Å². The fraction of sp³-hybridized carbons (Fsp3) is 0.385. The molecule has 20 heavy (non-hydrogen) atoms. The molecule has 0 aliphatic carbocycles. The molecule has 0 fully saturated rings. The molecular weight excluding hydrogens is 297 g/mol. The third-order valence-electron chi connectivity index (χ3n) is 2.33. The van der Waals surface area contributed by atoms with Crippen molar-refractivity contribution >= 4 is 29.2 Å². The standard InChI is InChI=1S/C13H15Cl2N5/c1-13(2,3)7-16-12-19-10(18-11(15)20-12)8-5-4-6-9(14)17-8/h4-6H,7H2,1-3H3,(H,16,18,19,20). The average molecular weight is 312 g/mol. The van der Waals surface area contributed by atoms with E-state index in [4.69, 9.17) is 23.2 Å². The molecule has 106 valence electrons. The SMILES string of the molecule is CC(C)(C)CNc1nc(Cl)nc(-c2cccc(Cl)n2)n1. The molecule has 2 aromatic rings. The Morgan fingerprint density at radius 1 is 1.05 bits per heavy atom. The van der Waals surface area contributed by atoms with Crippen molar-refractivity contribution < 1.29 is 0 Å². The molecule has 0 amide bonds. The second-order valence-electron chi connectivity index (χ2n) is 5.51. The summed E-state index contributed by atoms with van der Waals surface area (Å²) >= 11 is 11.8. The summed E-state index contributed by atoms with van der Waals surface area (Å²) in [5, 5.41) is 3.64. The van der Waals surface area contributed by atoms with Crippen LogP contribution in [-0.2, 0) is 0 Å². The minimum Gasteiger partial charge on any atom is -0.354 e. The van der Waals surface area contributed by atoms with Gasteiger partial charge in [-0.25, -0.2) is 4.98 Å². The highest BCUT2D eigenvalue weighted by Crippen LogP contribution is 2.19. The molecule has 2 aromatic heterocycles. The summed E-state index contributed by atoms with van der Waals surface area (Å²) in [6, 6.07) is 5.24. The Morgan fingerprint density at radius 2 is 1.80 bits per heavy atom. The molecule has 0 saturated carbocycles. The lowest BCUT2D eigenvalue weighted by atomic mass is 9.97. The number of pyridine rings is 1. The Bertz CT molecular complexity index is 610. The minimum atomic E-state index is 0.105. The first-order valence-corrected chi connectivity index (χ1v) is 6.87. The van der Waals surface area contributed by atoms with Gasteiger partial charge in [-0.15, -0.1) is 0 Å². The van der Waals surface area contributed by atoms with E-state index in [1.807, 2.05) is 0 Å². The number of aromatic nitrogens is 4. The summed E-state index contributed by atoms with van der Waals surface area (Å²) in [7, 11) is 0. The molecule has 0 radical (unpaired) electrons. The van der Waals surface area contributed by atoms with E-state index in [0.717, 1.165) is 6.54 Å². The Balaban J connectivity index is 2.29. The lowest BCUT2D eigenvalue weighted by molar-refractivity contribution is 0.441. The van der Waals surface area contributed by atoms with Crippen molar-refractivity contribution in [2.24, 2.45) is 5.41 Å². The number of nitrogens with zero attached hydrogens (tertiary/aromatic N) is 4. The van der Waals surface area contributed by atoms with Gasteiger partial charge in [0.25, 0.3) is 0 Å². The van der Waals surface area contributed by atoms with Gasteiger partial charge in [0.05, 0.1) is 0 Å². The van der Waals surface area contributed by atoms with Gasteiger partial charge in [-0.3, -0.25) is 0 Å². The molecule has 0 saturated heterocycles. The lowest BCUT2D eigenvalue weighted by Crippen LogP contribution is -2.20. The maximum Gasteiger partial charge on any atom is 0.227 e.